The Morgan fingerprint density at radius 2 is 1.94 bits per heavy atom. The summed E-state index contributed by atoms with van der Waals surface area (Å²) in [7, 11) is 2.07. The summed E-state index contributed by atoms with van der Waals surface area (Å²) in [4.78, 5) is 2.22. The molecule has 0 aliphatic heterocycles. The highest BCUT2D eigenvalue weighted by molar-refractivity contribution is 5.54. The van der Waals surface area contributed by atoms with Gasteiger partial charge in [-0.3, -0.25) is 0 Å². The maximum Gasteiger partial charge on any atom is 0.123 e. The van der Waals surface area contributed by atoms with E-state index in [2.05, 4.69) is 45.0 Å². The molecule has 0 aliphatic carbocycles. The van der Waals surface area contributed by atoms with Gasteiger partial charge >= 0.3 is 0 Å². The van der Waals surface area contributed by atoms with Gasteiger partial charge in [-0.15, -0.1) is 0 Å². The Kier molecular flexibility index (Phi) is 5.60. The monoisotopic (exact) mass is 252 g/mol. The van der Waals surface area contributed by atoms with Gasteiger partial charge in [-0.25, -0.2) is 4.39 Å². The Bertz CT molecular complexity index is 377. The second-order valence-corrected chi connectivity index (χ2v) is 5.18. The van der Waals surface area contributed by atoms with Crippen LogP contribution < -0.4 is 10.2 Å². The molecule has 0 saturated carbocycles. The van der Waals surface area contributed by atoms with E-state index in [9.17, 15) is 4.39 Å². The first-order valence-electron chi connectivity index (χ1n) is 6.70. The summed E-state index contributed by atoms with van der Waals surface area (Å²) < 4.78 is 13.4. The number of benzene rings is 1. The van der Waals surface area contributed by atoms with Crippen molar-refractivity contribution in [3.63, 3.8) is 0 Å². The van der Waals surface area contributed by atoms with E-state index in [1.807, 2.05) is 6.07 Å². The van der Waals surface area contributed by atoms with Crippen molar-refractivity contribution in [1.29, 1.82) is 0 Å². The van der Waals surface area contributed by atoms with Crippen molar-refractivity contribution in [2.75, 3.05) is 11.9 Å². The summed E-state index contributed by atoms with van der Waals surface area (Å²) >= 11 is 0. The van der Waals surface area contributed by atoms with Gasteiger partial charge in [0, 0.05) is 31.4 Å². The van der Waals surface area contributed by atoms with Crippen LogP contribution in [0.1, 0.15) is 39.7 Å². The average molecular weight is 252 g/mol. The summed E-state index contributed by atoms with van der Waals surface area (Å²) in [6.07, 6.45) is 1.07. The molecule has 1 rings (SSSR count). The van der Waals surface area contributed by atoms with Crippen molar-refractivity contribution < 1.29 is 4.39 Å². The van der Waals surface area contributed by atoms with Crippen molar-refractivity contribution in [3.05, 3.63) is 29.6 Å². The summed E-state index contributed by atoms with van der Waals surface area (Å²) in [6.45, 7) is 9.24. The molecule has 2 nitrogen and oxygen atoms in total. The van der Waals surface area contributed by atoms with Gasteiger partial charge in [0.1, 0.15) is 5.82 Å². The molecule has 1 aromatic carbocycles. The SMILES string of the molecule is CCC(C)N(C)c1ccc(F)cc1CNC(C)C. The largest absolute Gasteiger partial charge is 0.372 e. The van der Waals surface area contributed by atoms with Gasteiger partial charge in [0.2, 0.25) is 0 Å². The normalized spacial score (nSPS) is 12.8. The number of hydrogen-bond acceptors (Lipinski definition) is 2. The Morgan fingerprint density at radius 3 is 2.50 bits per heavy atom. The lowest BCUT2D eigenvalue weighted by Gasteiger charge is -2.28. The Balaban J connectivity index is 2.95. The van der Waals surface area contributed by atoms with Gasteiger partial charge in [-0.1, -0.05) is 20.8 Å². The van der Waals surface area contributed by atoms with Crippen LogP contribution >= 0.6 is 0 Å². The lowest BCUT2D eigenvalue weighted by Crippen LogP contribution is -2.30. The highest BCUT2D eigenvalue weighted by atomic mass is 19.1. The minimum Gasteiger partial charge on any atom is -0.372 e. The lowest BCUT2D eigenvalue weighted by molar-refractivity contribution is 0.577. The molecule has 0 heterocycles. The van der Waals surface area contributed by atoms with E-state index in [0.717, 1.165) is 17.7 Å². The molecule has 1 atom stereocenters. The molecule has 1 unspecified atom stereocenters. The third-order valence-corrected chi connectivity index (χ3v) is 3.37. The summed E-state index contributed by atoms with van der Waals surface area (Å²) in [5, 5.41) is 3.35. The van der Waals surface area contributed by atoms with Crippen molar-refractivity contribution in [2.45, 2.75) is 52.7 Å². The summed E-state index contributed by atoms with van der Waals surface area (Å²) in [5.41, 5.74) is 2.13. The molecule has 3 heteroatoms. The van der Waals surface area contributed by atoms with Gasteiger partial charge in [-0.05, 0) is 37.1 Å². The molecule has 0 radical (unpaired) electrons. The van der Waals surface area contributed by atoms with Crippen LogP contribution in [-0.4, -0.2) is 19.1 Å². The van der Waals surface area contributed by atoms with E-state index in [0.29, 0.717) is 18.6 Å². The maximum absolute atomic E-state index is 13.4. The van der Waals surface area contributed by atoms with Gasteiger partial charge in [-0.2, -0.15) is 0 Å². The zero-order valence-electron chi connectivity index (χ0n) is 12.1. The second-order valence-electron chi connectivity index (χ2n) is 5.18. The van der Waals surface area contributed by atoms with E-state index >= 15 is 0 Å². The fraction of sp³-hybridized carbons (Fsp3) is 0.600. The summed E-state index contributed by atoms with van der Waals surface area (Å²) in [5.74, 6) is -0.170. The predicted molar refractivity (Wildman–Crippen MR) is 76.5 cm³/mol. The highest BCUT2D eigenvalue weighted by Gasteiger charge is 2.13. The molecule has 0 fully saturated rings. The summed E-state index contributed by atoms with van der Waals surface area (Å²) in [6, 6.07) is 5.89. The molecular formula is C15H25FN2. The number of halogens is 1. The van der Waals surface area contributed by atoms with Crippen LogP contribution in [0.15, 0.2) is 18.2 Å². The zero-order valence-corrected chi connectivity index (χ0v) is 12.1. The third kappa shape index (κ3) is 3.98. The fourth-order valence-electron chi connectivity index (χ4n) is 1.87. The van der Waals surface area contributed by atoms with Gasteiger partial charge in [0.05, 0.1) is 0 Å². The van der Waals surface area contributed by atoms with E-state index in [4.69, 9.17) is 0 Å². The van der Waals surface area contributed by atoms with Crippen LogP contribution in [0, 0.1) is 5.82 Å². The first kappa shape index (κ1) is 15.0. The minimum atomic E-state index is -0.170. The Hall–Kier alpha value is -1.09. The molecule has 0 bridgehead atoms. The number of nitrogens with one attached hydrogen (secondary N) is 1. The number of nitrogens with zero attached hydrogens (tertiary/aromatic N) is 1. The van der Waals surface area contributed by atoms with Gasteiger partial charge in [0.25, 0.3) is 0 Å². The molecule has 0 aromatic heterocycles. The van der Waals surface area contributed by atoms with Crippen LogP contribution in [0.2, 0.25) is 0 Å². The maximum atomic E-state index is 13.4. The molecule has 1 N–H and O–H groups in total. The molecule has 18 heavy (non-hydrogen) atoms. The molecule has 1 aromatic rings. The molecule has 0 saturated heterocycles. The first-order chi connectivity index (χ1) is 8.45. The Morgan fingerprint density at radius 1 is 1.28 bits per heavy atom. The van der Waals surface area contributed by atoms with Crippen LogP contribution in [0.5, 0.6) is 0 Å². The van der Waals surface area contributed by atoms with Crippen LogP contribution in [-0.2, 0) is 6.54 Å². The zero-order chi connectivity index (χ0) is 13.7. The van der Waals surface area contributed by atoms with Gasteiger partial charge < -0.3 is 10.2 Å². The van der Waals surface area contributed by atoms with Crippen molar-refractivity contribution in [2.24, 2.45) is 0 Å². The third-order valence-electron chi connectivity index (χ3n) is 3.37. The van der Waals surface area contributed by atoms with Crippen molar-refractivity contribution >= 4 is 5.69 Å². The molecule has 0 spiro atoms. The molecular weight excluding hydrogens is 227 g/mol. The molecule has 0 amide bonds. The highest BCUT2D eigenvalue weighted by Crippen LogP contribution is 2.23. The van der Waals surface area contributed by atoms with E-state index < -0.39 is 0 Å². The predicted octanol–water partition coefficient (Wildman–Crippen LogP) is 3.56. The second kappa shape index (κ2) is 6.74. The minimum absolute atomic E-state index is 0.170. The van der Waals surface area contributed by atoms with Crippen molar-refractivity contribution in [1.82, 2.24) is 5.32 Å². The topological polar surface area (TPSA) is 15.3 Å². The Labute approximate surface area is 110 Å². The van der Waals surface area contributed by atoms with Crippen LogP contribution in [0.25, 0.3) is 0 Å². The van der Waals surface area contributed by atoms with Crippen molar-refractivity contribution in [3.8, 4) is 0 Å². The van der Waals surface area contributed by atoms with E-state index in [1.165, 1.54) is 6.07 Å². The average Bonchev–Trinajstić information content (AvgIpc) is 2.34. The van der Waals surface area contributed by atoms with Crippen LogP contribution in [0.3, 0.4) is 0 Å². The smallest absolute Gasteiger partial charge is 0.123 e. The first-order valence-corrected chi connectivity index (χ1v) is 6.70. The van der Waals surface area contributed by atoms with E-state index in [-0.39, 0.29) is 5.82 Å². The van der Waals surface area contributed by atoms with Crippen LogP contribution in [0.4, 0.5) is 10.1 Å². The fourth-order valence-corrected chi connectivity index (χ4v) is 1.87. The quantitative estimate of drug-likeness (QED) is 0.833. The molecule has 102 valence electrons. The number of hydrogen-bond donors (Lipinski definition) is 1. The van der Waals surface area contributed by atoms with Gasteiger partial charge in [0.15, 0.2) is 0 Å². The number of rotatable bonds is 6. The molecule has 0 aliphatic rings. The lowest BCUT2D eigenvalue weighted by atomic mass is 10.1. The number of anilines is 1. The standard InChI is InChI=1S/C15H25FN2/c1-6-12(4)18(5)15-8-7-14(16)9-13(15)10-17-11(2)3/h7-9,11-12,17H,6,10H2,1-5H3. The van der Waals surface area contributed by atoms with E-state index in [1.54, 1.807) is 6.07 Å².